The van der Waals surface area contributed by atoms with Crippen LogP contribution in [0.5, 0.6) is 0 Å². The maximum atomic E-state index is 12.3. The molecule has 1 fully saturated rings. The second-order valence-corrected chi connectivity index (χ2v) is 5.41. The second-order valence-electron chi connectivity index (χ2n) is 4.25. The molecule has 0 saturated carbocycles. The van der Waals surface area contributed by atoms with E-state index in [1.165, 1.54) is 4.90 Å². The Morgan fingerprint density at radius 2 is 2.06 bits per heavy atom. The van der Waals surface area contributed by atoms with Gasteiger partial charge >= 0.3 is 0 Å². The van der Waals surface area contributed by atoms with Gasteiger partial charge in [0.2, 0.25) is 5.91 Å². The normalized spacial score (nSPS) is 23.1. The molecule has 18 heavy (non-hydrogen) atoms. The highest BCUT2D eigenvalue weighted by Crippen LogP contribution is 2.22. The number of aliphatic hydroxyl groups is 1. The van der Waals surface area contributed by atoms with Gasteiger partial charge < -0.3 is 15.7 Å². The summed E-state index contributed by atoms with van der Waals surface area (Å²) in [6.45, 7) is 0.150. The van der Waals surface area contributed by atoms with Gasteiger partial charge in [-0.3, -0.25) is 9.59 Å². The number of hydrogen-bond acceptors (Lipinski definition) is 3. The molecule has 1 aliphatic heterocycles. The number of benzene rings is 1. The smallest absolute Gasteiger partial charge is 0.255 e. The third-order valence-corrected chi connectivity index (χ3v) is 3.91. The number of amides is 2. The van der Waals surface area contributed by atoms with Crippen LogP contribution >= 0.6 is 22.6 Å². The summed E-state index contributed by atoms with van der Waals surface area (Å²) in [5.41, 5.74) is 5.78. The predicted octanol–water partition coefficient (Wildman–Crippen LogP) is 0.352. The fraction of sp³-hybridized carbons (Fsp3) is 0.333. The predicted molar refractivity (Wildman–Crippen MR) is 73.8 cm³/mol. The van der Waals surface area contributed by atoms with Crippen molar-refractivity contribution in [1.29, 1.82) is 0 Å². The van der Waals surface area contributed by atoms with Crippen molar-refractivity contribution in [3.63, 3.8) is 0 Å². The lowest BCUT2D eigenvalue weighted by molar-refractivity contribution is -0.121. The van der Waals surface area contributed by atoms with Crippen LogP contribution in [0.1, 0.15) is 16.8 Å². The molecule has 0 radical (unpaired) electrons. The van der Waals surface area contributed by atoms with Crippen molar-refractivity contribution in [3.05, 3.63) is 33.4 Å². The van der Waals surface area contributed by atoms with E-state index in [-0.39, 0.29) is 18.9 Å². The zero-order chi connectivity index (χ0) is 13.3. The number of likely N-dealkylation sites (tertiary alicyclic amines) is 1. The number of carbonyl (C=O) groups excluding carboxylic acids is 2. The number of primary amides is 1. The Bertz CT molecular complexity index is 492. The topological polar surface area (TPSA) is 83.6 Å². The highest BCUT2D eigenvalue weighted by atomic mass is 127. The first-order valence-electron chi connectivity index (χ1n) is 5.53. The summed E-state index contributed by atoms with van der Waals surface area (Å²) in [6, 6.07) is 6.40. The molecule has 1 aliphatic rings. The van der Waals surface area contributed by atoms with Crippen LogP contribution < -0.4 is 5.73 Å². The summed E-state index contributed by atoms with van der Waals surface area (Å²) in [7, 11) is 0. The van der Waals surface area contributed by atoms with Gasteiger partial charge in [0.05, 0.1) is 11.7 Å². The van der Waals surface area contributed by atoms with Crippen LogP contribution in [0.2, 0.25) is 0 Å². The van der Waals surface area contributed by atoms with Crippen molar-refractivity contribution in [3.8, 4) is 0 Å². The van der Waals surface area contributed by atoms with Gasteiger partial charge in [0.1, 0.15) is 6.04 Å². The van der Waals surface area contributed by atoms with Crippen molar-refractivity contribution in [2.24, 2.45) is 5.73 Å². The van der Waals surface area contributed by atoms with E-state index in [0.29, 0.717) is 5.56 Å². The minimum absolute atomic E-state index is 0.150. The number of aliphatic hydroxyl groups excluding tert-OH is 1. The summed E-state index contributed by atoms with van der Waals surface area (Å²) in [5, 5.41) is 9.58. The van der Waals surface area contributed by atoms with E-state index in [0.717, 1.165) is 3.57 Å². The standard InChI is InChI=1S/C12H13IN2O3/c13-9-4-2-1-3-8(9)12(18)15-6-7(16)5-10(15)11(14)17/h1-4,7,10,16H,5-6H2,(H2,14,17). The monoisotopic (exact) mass is 360 g/mol. The molecule has 0 aromatic heterocycles. The van der Waals surface area contributed by atoms with Gasteiger partial charge in [0, 0.05) is 16.5 Å². The fourth-order valence-electron chi connectivity index (χ4n) is 2.10. The van der Waals surface area contributed by atoms with Crippen LogP contribution in [0.3, 0.4) is 0 Å². The lowest BCUT2D eigenvalue weighted by Gasteiger charge is -2.22. The van der Waals surface area contributed by atoms with E-state index in [2.05, 4.69) is 22.6 Å². The van der Waals surface area contributed by atoms with E-state index in [1.54, 1.807) is 12.1 Å². The van der Waals surface area contributed by atoms with E-state index in [4.69, 9.17) is 5.73 Å². The average Bonchev–Trinajstić information content (AvgIpc) is 2.71. The molecule has 1 aromatic carbocycles. The zero-order valence-electron chi connectivity index (χ0n) is 9.54. The van der Waals surface area contributed by atoms with Crippen molar-refractivity contribution < 1.29 is 14.7 Å². The third kappa shape index (κ3) is 2.49. The van der Waals surface area contributed by atoms with Gasteiger partial charge in [-0.2, -0.15) is 0 Å². The zero-order valence-corrected chi connectivity index (χ0v) is 11.7. The summed E-state index contributed by atoms with van der Waals surface area (Å²) < 4.78 is 0.810. The molecule has 5 nitrogen and oxygen atoms in total. The van der Waals surface area contributed by atoms with Crippen LogP contribution in [0.4, 0.5) is 0 Å². The summed E-state index contributed by atoms with van der Waals surface area (Å²) in [4.78, 5) is 25.0. The number of carbonyl (C=O) groups is 2. The van der Waals surface area contributed by atoms with Crippen molar-refractivity contribution in [1.82, 2.24) is 4.90 Å². The van der Waals surface area contributed by atoms with Crippen molar-refractivity contribution >= 4 is 34.4 Å². The Morgan fingerprint density at radius 3 is 2.67 bits per heavy atom. The molecule has 0 bridgehead atoms. The molecule has 2 rings (SSSR count). The maximum absolute atomic E-state index is 12.3. The Balaban J connectivity index is 2.28. The molecule has 96 valence electrons. The maximum Gasteiger partial charge on any atom is 0.255 e. The molecular formula is C12H13IN2O3. The van der Waals surface area contributed by atoms with Gasteiger partial charge in [-0.25, -0.2) is 0 Å². The average molecular weight is 360 g/mol. The van der Waals surface area contributed by atoms with E-state index in [9.17, 15) is 14.7 Å². The minimum Gasteiger partial charge on any atom is -0.391 e. The minimum atomic E-state index is -0.719. The highest BCUT2D eigenvalue weighted by molar-refractivity contribution is 14.1. The van der Waals surface area contributed by atoms with Crippen molar-refractivity contribution in [2.45, 2.75) is 18.6 Å². The third-order valence-electron chi connectivity index (χ3n) is 2.97. The highest BCUT2D eigenvalue weighted by Gasteiger charge is 2.38. The van der Waals surface area contributed by atoms with Crippen LogP contribution in [0.15, 0.2) is 24.3 Å². The fourth-order valence-corrected chi connectivity index (χ4v) is 2.72. The molecule has 2 unspecified atom stereocenters. The Hall–Kier alpha value is -1.15. The van der Waals surface area contributed by atoms with Crippen molar-refractivity contribution in [2.75, 3.05) is 6.54 Å². The van der Waals surface area contributed by atoms with Crippen LogP contribution in [0.25, 0.3) is 0 Å². The number of nitrogens with two attached hydrogens (primary N) is 1. The molecule has 0 aliphatic carbocycles. The number of hydrogen-bond donors (Lipinski definition) is 2. The summed E-state index contributed by atoms with van der Waals surface area (Å²) in [5.74, 6) is -0.841. The summed E-state index contributed by atoms with van der Waals surface area (Å²) in [6.07, 6.45) is -0.474. The lowest BCUT2D eigenvalue weighted by atomic mass is 10.1. The molecule has 2 amide bonds. The lowest BCUT2D eigenvalue weighted by Crippen LogP contribution is -2.44. The molecule has 0 spiro atoms. The second kappa shape index (κ2) is 5.23. The van der Waals surface area contributed by atoms with E-state index < -0.39 is 18.1 Å². The molecule has 2 atom stereocenters. The molecular weight excluding hydrogens is 347 g/mol. The summed E-state index contributed by atoms with van der Waals surface area (Å²) >= 11 is 2.07. The quantitative estimate of drug-likeness (QED) is 0.747. The van der Waals surface area contributed by atoms with Crippen LogP contribution in [0, 0.1) is 3.57 Å². The molecule has 3 N–H and O–H groups in total. The SMILES string of the molecule is NC(=O)C1CC(O)CN1C(=O)c1ccccc1I. The van der Waals surface area contributed by atoms with E-state index in [1.807, 2.05) is 12.1 Å². The number of β-amino-alcohol motifs (C(OH)–C–C–N with tert-alkyl or cyclic N) is 1. The molecule has 1 saturated heterocycles. The van der Waals surface area contributed by atoms with Gasteiger partial charge in [0.15, 0.2) is 0 Å². The van der Waals surface area contributed by atoms with Gasteiger partial charge in [-0.05, 0) is 34.7 Å². The first kappa shape index (κ1) is 13.3. The van der Waals surface area contributed by atoms with Gasteiger partial charge in [-0.15, -0.1) is 0 Å². The first-order valence-corrected chi connectivity index (χ1v) is 6.61. The molecule has 1 heterocycles. The number of halogens is 1. The number of nitrogens with zero attached hydrogens (tertiary/aromatic N) is 1. The molecule has 1 aromatic rings. The number of rotatable bonds is 2. The Labute approximate surface area is 118 Å². The van der Waals surface area contributed by atoms with Crippen LogP contribution in [-0.4, -0.2) is 40.5 Å². The Kier molecular flexibility index (Phi) is 3.86. The largest absolute Gasteiger partial charge is 0.391 e. The van der Waals surface area contributed by atoms with E-state index >= 15 is 0 Å². The van der Waals surface area contributed by atoms with Crippen LogP contribution in [-0.2, 0) is 4.79 Å². The molecule has 6 heteroatoms. The van der Waals surface area contributed by atoms with Gasteiger partial charge in [-0.1, -0.05) is 12.1 Å². The first-order chi connectivity index (χ1) is 8.50. The van der Waals surface area contributed by atoms with Gasteiger partial charge in [0.25, 0.3) is 5.91 Å². The Morgan fingerprint density at radius 1 is 1.39 bits per heavy atom.